The lowest BCUT2D eigenvalue weighted by Gasteiger charge is -2.10. The van der Waals surface area contributed by atoms with Crippen LogP contribution < -0.4 is 25.4 Å². The van der Waals surface area contributed by atoms with Gasteiger partial charge in [0.05, 0.1) is 11.3 Å². The number of hydrogen-bond donors (Lipinski definition) is 3. The standard InChI is InChI=1S/C23H20N4O5S/c1-24-21(29)14-4-2-5-15(10-14)27-22(30)17-6-3-9-25-23(17)33-12-20(28)26-16-7-8-18-19(11-16)32-13-31-18/h2-11H,12-13H2,1H3,(H,24,29)(H,26,28)(H,27,30). The molecule has 0 fully saturated rings. The Hall–Kier alpha value is -4.05. The summed E-state index contributed by atoms with van der Waals surface area (Å²) in [4.78, 5) is 41.3. The van der Waals surface area contributed by atoms with Gasteiger partial charge in [0, 0.05) is 36.2 Å². The van der Waals surface area contributed by atoms with Gasteiger partial charge in [0.1, 0.15) is 5.03 Å². The molecule has 0 spiro atoms. The first-order valence-electron chi connectivity index (χ1n) is 9.94. The smallest absolute Gasteiger partial charge is 0.258 e. The summed E-state index contributed by atoms with van der Waals surface area (Å²) in [5, 5.41) is 8.52. The number of benzene rings is 2. The molecule has 33 heavy (non-hydrogen) atoms. The number of ether oxygens (including phenoxy) is 2. The van der Waals surface area contributed by atoms with Gasteiger partial charge < -0.3 is 25.4 Å². The second kappa shape index (κ2) is 10.0. The monoisotopic (exact) mass is 464 g/mol. The van der Waals surface area contributed by atoms with E-state index in [1.54, 1.807) is 60.8 Å². The van der Waals surface area contributed by atoms with Crippen LogP contribution in [-0.4, -0.2) is 42.3 Å². The number of fused-ring (bicyclic) bond motifs is 1. The predicted octanol–water partition coefficient (Wildman–Crippen LogP) is 3.15. The van der Waals surface area contributed by atoms with Crippen molar-refractivity contribution in [3.8, 4) is 11.5 Å². The third-order valence-electron chi connectivity index (χ3n) is 4.62. The average Bonchev–Trinajstić information content (AvgIpc) is 3.30. The Kier molecular flexibility index (Phi) is 6.75. The van der Waals surface area contributed by atoms with Gasteiger partial charge in [-0.3, -0.25) is 14.4 Å². The molecule has 3 amide bonds. The summed E-state index contributed by atoms with van der Waals surface area (Å²) in [6.07, 6.45) is 1.56. The Morgan fingerprint density at radius 2 is 1.76 bits per heavy atom. The largest absolute Gasteiger partial charge is 0.454 e. The maximum atomic E-state index is 12.8. The molecule has 0 radical (unpaired) electrons. The molecule has 9 nitrogen and oxygen atoms in total. The lowest BCUT2D eigenvalue weighted by molar-refractivity contribution is -0.113. The van der Waals surface area contributed by atoms with Crippen molar-refractivity contribution in [2.45, 2.75) is 5.03 Å². The Balaban J connectivity index is 1.39. The molecule has 1 aromatic heterocycles. The molecule has 0 saturated carbocycles. The molecule has 0 unspecified atom stereocenters. The van der Waals surface area contributed by atoms with Crippen LogP contribution in [0, 0.1) is 0 Å². The lowest BCUT2D eigenvalue weighted by atomic mass is 10.2. The Morgan fingerprint density at radius 1 is 0.939 bits per heavy atom. The van der Waals surface area contributed by atoms with Gasteiger partial charge in [-0.25, -0.2) is 4.98 Å². The topological polar surface area (TPSA) is 119 Å². The molecule has 2 aromatic carbocycles. The number of anilines is 2. The van der Waals surface area contributed by atoms with E-state index in [1.165, 1.54) is 7.05 Å². The summed E-state index contributed by atoms with van der Waals surface area (Å²) in [6.45, 7) is 0.156. The van der Waals surface area contributed by atoms with E-state index in [-0.39, 0.29) is 24.4 Å². The van der Waals surface area contributed by atoms with Crippen LogP contribution in [0.4, 0.5) is 11.4 Å². The second-order valence-corrected chi connectivity index (χ2v) is 7.84. The summed E-state index contributed by atoms with van der Waals surface area (Å²) in [7, 11) is 1.54. The van der Waals surface area contributed by atoms with Crippen LogP contribution in [0.15, 0.2) is 65.8 Å². The highest BCUT2D eigenvalue weighted by Gasteiger charge is 2.17. The van der Waals surface area contributed by atoms with Gasteiger partial charge in [-0.15, -0.1) is 0 Å². The van der Waals surface area contributed by atoms with Crippen molar-refractivity contribution < 1.29 is 23.9 Å². The SMILES string of the molecule is CNC(=O)c1cccc(NC(=O)c2cccnc2SCC(=O)Nc2ccc3c(c2)OCO3)c1. The molecule has 4 rings (SSSR count). The van der Waals surface area contributed by atoms with Crippen LogP contribution in [0.25, 0.3) is 0 Å². The quantitative estimate of drug-likeness (QED) is 0.460. The first-order chi connectivity index (χ1) is 16.0. The fourth-order valence-corrected chi connectivity index (χ4v) is 3.86. The van der Waals surface area contributed by atoms with Crippen molar-refractivity contribution in [2.24, 2.45) is 0 Å². The number of hydrogen-bond acceptors (Lipinski definition) is 7. The van der Waals surface area contributed by atoms with Crippen LogP contribution in [0.5, 0.6) is 11.5 Å². The summed E-state index contributed by atoms with van der Waals surface area (Å²) < 4.78 is 10.6. The van der Waals surface area contributed by atoms with E-state index in [4.69, 9.17) is 9.47 Å². The molecule has 0 aliphatic carbocycles. The highest BCUT2D eigenvalue weighted by molar-refractivity contribution is 8.00. The molecule has 2 heterocycles. The fourth-order valence-electron chi connectivity index (χ4n) is 3.06. The Morgan fingerprint density at radius 3 is 2.61 bits per heavy atom. The highest BCUT2D eigenvalue weighted by Crippen LogP contribution is 2.34. The number of pyridine rings is 1. The Labute approximate surface area is 193 Å². The van der Waals surface area contributed by atoms with Gasteiger partial charge in [-0.1, -0.05) is 17.8 Å². The summed E-state index contributed by atoms with van der Waals surface area (Å²) >= 11 is 1.15. The Bertz CT molecular complexity index is 1220. The number of rotatable bonds is 7. The van der Waals surface area contributed by atoms with Crippen molar-refractivity contribution in [1.29, 1.82) is 0 Å². The molecular formula is C23H20N4O5S. The molecule has 1 aliphatic rings. The normalized spacial score (nSPS) is 11.5. The number of aromatic nitrogens is 1. The van der Waals surface area contributed by atoms with Crippen LogP contribution in [-0.2, 0) is 4.79 Å². The summed E-state index contributed by atoms with van der Waals surface area (Å²) in [6, 6.07) is 15.0. The van der Waals surface area contributed by atoms with Crippen molar-refractivity contribution in [2.75, 3.05) is 30.2 Å². The van der Waals surface area contributed by atoms with Crippen LogP contribution in [0.2, 0.25) is 0 Å². The minimum absolute atomic E-state index is 0.0535. The second-order valence-electron chi connectivity index (χ2n) is 6.88. The molecule has 10 heteroatoms. The van der Waals surface area contributed by atoms with Gasteiger partial charge in [-0.2, -0.15) is 0 Å². The van der Waals surface area contributed by atoms with Gasteiger partial charge in [-0.05, 0) is 42.5 Å². The maximum Gasteiger partial charge on any atom is 0.258 e. The zero-order chi connectivity index (χ0) is 23.2. The predicted molar refractivity (Wildman–Crippen MR) is 124 cm³/mol. The zero-order valence-electron chi connectivity index (χ0n) is 17.6. The average molecular weight is 465 g/mol. The number of carbonyl (C=O) groups excluding carboxylic acids is 3. The van der Waals surface area contributed by atoms with Crippen LogP contribution >= 0.6 is 11.8 Å². The van der Waals surface area contributed by atoms with Gasteiger partial charge in [0.15, 0.2) is 11.5 Å². The van der Waals surface area contributed by atoms with E-state index < -0.39 is 5.91 Å². The van der Waals surface area contributed by atoms with Crippen molar-refractivity contribution in [3.63, 3.8) is 0 Å². The van der Waals surface area contributed by atoms with E-state index in [1.807, 2.05) is 0 Å². The zero-order valence-corrected chi connectivity index (χ0v) is 18.4. The van der Waals surface area contributed by atoms with Crippen molar-refractivity contribution in [3.05, 3.63) is 71.9 Å². The first-order valence-corrected chi connectivity index (χ1v) is 10.9. The van der Waals surface area contributed by atoms with E-state index in [9.17, 15) is 14.4 Å². The van der Waals surface area contributed by atoms with E-state index >= 15 is 0 Å². The fraction of sp³-hybridized carbons (Fsp3) is 0.130. The van der Waals surface area contributed by atoms with Crippen LogP contribution in [0.3, 0.4) is 0 Å². The molecule has 3 aromatic rings. The minimum atomic E-state index is -0.393. The number of carbonyl (C=O) groups is 3. The van der Waals surface area contributed by atoms with Crippen LogP contribution in [0.1, 0.15) is 20.7 Å². The van der Waals surface area contributed by atoms with Crippen molar-refractivity contribution in [1.82, 2.24) is 10.3 Å². The highest BCUT2D eigenvalue weighted by atomic mass is 32.2. The number of thioether (sulfide) groups is 1. The molecule has 0 atom stereocenters. The van der Waals surface area contributed by atoms with Gasteiger partial charge in [0.25, 0.3) is 11.8 Å². The van der Waals surface area contributed by atoms with Gasteiger partial charge >= 0.3 is 0 Å². The summed E-state index contributed by atoms with van der Waals surface area (Å²) in [5.41, 5.74) is 1.81. The number of nitrogens with one attached hydrogen (secondary N) is 3. The molecule has 0 bridgehead atoms. The van der Waals surface area contributed by atoms with E-state index in [0.717, 1.165) is 11.8 Å². The molecular weight excluding hydrogens is 444 g/mol. The number of amides is 3. The molecule has 3 N–H and O–H groups in total. The molecule has 1 aliphatic heterocycles. The van der Waals surface area contributed by atoms with E-state index in [2.05, 4.69) is 20.9 Å². The molecule has 0 saturated heterocycles. The number of nitrogens with zero attached hydrogens (tertiary/aromatic N) is 1. The van der Waals surface area contributed by atoms with Gasteiger partial charge in [0.2, 0.25) is 12.7 Å². The molecule has 168 valence electrons. The first kappa shape index (κ1) is 22.2. The summed E-state index contributed by atoms with van der Waals surface area (Å²) in [5.74, 6) is 0.358. The maximum absolute atomic E-state index is 12.8. The third kappa shape index (κ3) is 5.42. The van der Waals surface area contributed by atoms with E-state index in [0.29, 0.717) is 39.0 Å². The van der Waals surface area contributed by atoms with Crippen molar-refractivity contribution >= 4 is 40.9 Å². The minimum Gasteiger partial charge on any atom is -0.454 e. The lowest BCUT2D eigenvalue weighted by Crippen LogP contribution is -2.19. The third-order valence-corrected chi connectivity index (χ3v) is 5.63.